The van der Waals surface area contributed by atoms with Gasteiger partial charge in [0.1, 0.15) is 0 Å². The van der Waals surface area contributed by atoms with Crippen LogP contribution in [0.4, 0.5) is 0 Å². The highest BCUT2D eigenvalue weighted by molar-refractivity contribution is 5.72. The Labute approximate surface area is 108 Å². The highest BCUT2D eigenvalue weighted by Gasteiger charge is 2.08. The van der Waals surface area contributed by atoms with Crippen molar-refractivity contribution >= 4 is 5.91 Å². The summed E-state index contributed by atoms with van der Waals surface area (Å²) in [6, 6.07) is 1.51. The molecule has 18 heavy (non-hydrogen) atoms. The Kier molecular flexibility index (Phi) is 7.71. The second kappa shape index (κ2) is 8.47. The lowest BCUT2D eigenvalue weighted by molar-refractivity contribution is -0.119. The van der Waals surface area contributed by atoms with Crippen molar-refractivity contribution in [1.29, 1.82) is 0 Å². The molecule has 0 aliphatic rings. The summed E-state index contributed by atoms with van der Waals surface area (Å²) in [6.07, 6.45) is 0. The summed E-state index contributed by atoms with van der Waals surface area (Å²) in [5.41, 5.74) is 1.95. The molecule has 0 unspecified atom stereocenters. The number of ether oxygens (including phenoxy) is 1. The van der Waals surface area contributed by atoms with E-state index in [1.807, 2.05) is 20.8 Å². The Morgan fingerprint density at radius 3 is 2.56 bits per heavy atom. The van der Waals surface area contributed by atoms with E-state index >= 15 is 0 Å². The molecule has 1 amide bonds. The van der Waals surface area contributed by atoms with Crippen molar-refractivity contribution in [3.8, 4) is 0 Å². The van der Waals surface area contributed by atoms with Crippen LogP contribution in [0.3, 0.4) is 0 Å². The molecule has 5 nitrogen and oxygen atoms in total. The molecule has 0 aliphatic carbocycles. The molecular weight excluding hydrogens is 232 g/mol. The van der Waals surface area contributed by atoms with Gasteiger partial charge in [0.25, 0.3) is 0 Å². The number of hydrogen-bond acceptors (Lipinski definition) is 3. The van der Waals surface area contributed by atoms with Crippen molar-refractivity contribution in [2.75, 3.05) is 7.11 Å². The molecule has 1 heterocycles. The number of aryl methyl sites for hydroxylation is 1. The van der Waals surface area contributed by atoms with E-state index in [4.69, 9.17) is 4.74 Å². The van der Waals surface area contributed by atoms with E-state index < -0.39 is 0 Å². The first-order chi connectivity index (χ1) is 8.54. The van der Waals surface area contributed by atoms with Gasteiger partial charge in [-0.05, 0) is 6.92 Å². The number of nitrogens with one attached hydrogen (secondary N) is 2. The molecule has 0 spiro atoms. The third-order valence-electron chi connectivity index (χ3n) is 2.16. The fourth-order valence-electron chi connectivity index (χ4n) is 1.46. The number of carbonyl (C=O) groups is 1. The number of carbonyl (C=O) groups excluding carboxylic acids is 1. The largest absolute Gasteiger partial charge is 0.378 e. The smallest absolute Gasteiger partial charge is 0.217 e. The lowest BCUT2D eigenvalue weighted by atomic mass is 10.1. The molecule has 0 atom stereocenters. The predicted molar refractivity (Wildman–Crippen MR) is 71.4 cm³/mol. The molecule has 1 aromatic heterocycles. The number of amides is 1. The molecule has 1 rings (SSSR count). The summed E-state index contributed by atoms with van der Waals surface area (Å²) in [7, 11) is 1.56. The summed E-state index contributed by atoms with van der Waals surface area (Å²) >= 11 is 0. The van der Waals surface area contributed by atoms with Gasteiger partial charge in [0, 0.05) is 37.9 Å². The minimum Gasteiger partial charge on any atom is -0.378 e. The quantitative estimate of drug-likeness (QED) is 0.855. The Morgan fingerprint density at radius 1 is 1.44 bits per heavy atom. The van der Waals surface area contributed by atoms with Crippen molar-refractivity contribution in [3.63, 3.8) is 0 Å². The van der Waals surface area contributed by atoms with Crippen LogP contribution in [0.5, 0.6) is 0 Å². The molecule has 0 saturated carbocycles. The summed E-state index contributed by atoms with van der Waals surface area (Å²) in [4.78, 5) is 25.6. The molecule has 102 valence electrons. The van der Waals surface area contributed by atoms with Gasteiger partial charge in [0.05, 0.1) is 12.3 Å². The van der Waals surface area contributed by atoms with E-state index in [0.29, 0.717) is 17.9 Å². The first-order valence-corrected chi connectivity index (χ1v) is 5.99. The number of H-pyrrole nitrogens is 1. The van der Waals surface area contributed by atoms with Crippen molar-refractivity contribution in [2.45, 2.75) is 40.8 Å². The molecular formula is C13H22N2O3. The summed E-state index contributed by atoms with van der Waals surface area (Å²) in [6.45, 7) is 7.77. The Bertz CT molecular complexity index is 438. The number of aromatic amines is 1. The van der Waals surface area contributed by atoms with Crippen LogP contribution in [0.15, 0.2) is 10.9 Å². The van der Waals surface area contributed by atoms with Crippen LogP contribution < -0.4 is 10.7 Å². The molecule has 0 fully saturated rings. The molecule has 2 N–H and O–H groups in total. The fourth-order valence-corrected chi connectivity index (χ4v) is 1.46. The summed E-state index contributed by atoms with van der Waals surface area (Å²) in [5, 5.41) is 2.61. The van der Waals surface area contributed by atoms with Gasteiger partial charge in [-0.1, -0.05) is 13.8 Å². The third-order valence-corrected chi connectivity index (χ3v) is 2.16. The lowest BCUT2D eigenvalue weighted by Gasteiger charge is -2.09. The number of methoxy groups -OCH3 is 1. The predicted octanol–water partition coefficient (Wildman–Crippen LogP) is 1.49. The zero-order valence-corrected chi connectivity index (χ0v) is 11.7. The van der Waals surface area contributed by atoms with E-state index in [1.54, 1.807) is 7.11 Å². The molecule has 0 saturated heterocycles. The zero-order chi connectivity index (χ0) is 14.1. The maximum atomic E-state index is 11.7. The highest BCUT2D eigenvalue weighted by Crippen LogP contribution is 2.03. The van der Waals surface area contributed by atoms with Crippen LogP contribution in [0.2, 0.25) is 0 Å². The number of aromatic nitrogens is 1. The van der Waals surface area contributed by atoms with E-state index in [2.05, 4.69) is 10.3 Å². The van der Waals surface area contributed by atoms with Crippen LogP contribution >= 0.6 is 0 Å². The van der Waals surface area contributed by atoms with Crippen molar-refractivity contribution in [2.24, 2.45) is 0 Å². The van der Waals surface area contributed by atoms with Gasteiger partial charge in [-0.3, -0.25) is 9.59 Å². The summed E-state index contributed by atoms with van der Waals surface area (Å²) in [5.74, 6) is -0.164. The Morgan fingerprint density at radius 2 is 2.06 bits per heavy atom. The molecule has 0 aliphatic heterocycles. The standard InChI is InChI=1S/C11H16N2O3.C2H6/c1-7-4-11(15)9(5-12-8(2)14)10(13-7)6-16-3;1-2/h4H,5-6H2,1-3H3,(H,12,14)(H,13,15);1-2H3. The second-order valence-electron chi connectivity index (χ2n) is 3.62. The zero-order valence-electron chi connectivity index (χ0n) is 11.7. The average Bonchev–Trinajstić information content (AvgIpc) is 2.30. The second-order valence-corrected chi connectivity index (χ2v) is 3.62. The van der Waals surface area contributed by atoms with Crippen LogP contribution in [-0.4, -0.2) is 18.0 Å². The van der Waals surface area contributed by atoms with E-state index in [1.165, 1.54) is 13.0 Å². The molecule has 1 aromatic rings. The van der Waals surface area contributed by atoms with Crippen molar-refractivity contribution in [3.05, 3.63) is 33.2 Å². The van der Waals surface area contributed by atoms with Gasteiger partial charge in [0.2, 0.25) is 5.91 Å². The van der Waals surface area contributed by atoms with E-state index in [9.17, 15) is 9.59 Å². The monoisotopic (exact) mass is 254 g/mol. The van der Waals surface area contributed by atoms with Crippen LogP contribution in [-0.2, 0) is 22.7 Å². The van der Waals surface area contributed by atoms with Gasteiger partial charge >= 0.3 is 0 Å². The van der Waals surface area contributed by atoms with E-state index in [0.717, 1.165) is 5.69 Å². The van der Waals surface area contributed by atoms with Crippen molar-refractivity contribution < 1.29 is 9.53 Å². The SMILES string of the molecule is CC.COCc1[nH]c(C)cc(=O)c1CNC(C)=O. The van der Waals surface area contributed by atoms with Crippen LogP contribution in [0, 0.1) is 6.92 Å². The van der Waals surface area contributed by atoms with Gasteiger partial charge < -0.3 is 15.0 Å². The Hall–Kier alpha value is -1.62. The average molecular weight is 254 g/mol. The number of rotatable bonds is 4. The third kappa shape index (κ3) is 5.14. The number of pyridine rings is 1. The maximum absolute atomic E-state index is 11.7. The molecule has 0 aromatic carbocycles. The molecule has 5 heteroatoms. The van der Waals surface area contributed by atoms with Gasteiger partial charge in [-0.25, -0.2) is 0 Å². The first kappa shape index (κ1) is 16.4. The van der Waals surface area contributed by atoms with Crippen LogP contribution in [0.25, 0.3) is 0 Å². The summed E-state index contributed by atoms with van der Waals surface area (Å²) < 4.78 is 5.00. The minimum atomic E-state index is -0.164. The molecule has 0 radical (unpaired) electrons. The first-order valence-electron chi connectivity index (χ1n) is 5.99. The van der Waals surface area contributed by atoms with Crippen LogP contribution in [0.1, 0.15) is 37.7 Å². The highest BCUT2D eigenvalue weighted by atomic mass is 16.5. The topological polar surface area (TPSA) is 71.2 Å². The normalized spacial score (nSPS) is 9.39. The Balaban J connectivity index is 0.00000137. The lowest BCUT2D eigenvalue weighted by Crippen LogP contribution is -2.25. The van der Waals surface area contributed by atoms with Gasteiger partial charge in [-0.15, -0.1) is 0 Å². The van der Waals surface area contributed by atoms with Crippen molar-refractivity contribution in [1.82, 2.24) is 10.3 Å². The molecule has 0 bridgehead atoms. The fraction of sp³-hybridized carbons (Fsp3) is 0.538. The van der Waals surface area contributed by atoms with Gasteiger partial charge in [0.15, 0.2) is 5.43 Å². The van der Waals surface area contributed by atoms with Gasteiger partial charge in [-0.2, -0.15) is 0 Å². The van der Waals surface area contributed by atoms with E-state index in [-0.39, 0.29) is 17.9 Å². The number of hydrogen-bond donors (Lipinski definition) is 2. The minimum absolute atomic E-state index is 0.0861. The maximum Gasteiger partial charge on any atom is 0.217 e.